The van der Waals surface area contributed by atoms with Gasteiger partial charge < -0.3 is 19.3 Å². The van der Waals surface area contributed by atoms with E-state index in [1.165, 1.54) is 0 Å². The van der Waals surface area contributed by atoms with E-state index in [-0.39, 0.29) is 31.6 Å². The van der Waals surface area contributed by atoms with Gasteiger partial charge in [0, 0.05) is 12.8 Å². The van der Waals surface area contributed by atoms with E-state index in [0.717, 1.165) is 42.6 Å². The number of likely N-dealkylation sites (tertiary alicyclic amines) is 1. The molecule has 1 N–H and O–H groups in total. The Hall–Kier alpha value is -3.19. The predicted octanol–water partition coefficient (Wildman–Crippen LogP) is 4.16. The number of quaternary nitrogens is 1. The second kappa shape index (κ2) is 11.3. The van der Waals surface area contributed by atoms with Crippen LogP contribution in [-0.2, 0) is 25.7 Å². The fourth-order valence-corrected chi connectivity index (χ4v) is 4.67. The minimum Gasteiger partial charge on any atom is -0.462 e. The van der Waals surface area contributed by atoms with Crippen LogP contribution in [0, 0.1) is 13.8 Å². The molecule has 0 aliphatic carbocycles. The van der Waals surface area contributed by atoms with Gasteiger partial charge in [-0.3, -0.25) is 4.79 Å². The first kappa shape index (κ1) is 25.4. The van der Waals surface area contributed by atoms with Crippen molar-refractivity contribution < 1.29 is 28.3 Å². The van der Waals surface area contributed by atoms with Crippen molar-refractivity contribution in [3.63, 3.8) is 0 Å². The van der Waals surface area contributed by atoms with Gasteiger partial charge >= 0.3 is 11.9 Å². The molecular formula is C27H35N2O5+. The molecule has 1 heterocycles. The Labute approximate surface area is 201 Å². The van der Waals surface area contributed by atoms with Crippen molar-refractivity contribution in [3.05, 3.63) is 64.7 Å². The maximum atomic E-state index is 13.4. The zero-order chi connectivity index (χ0) is 24.7. The summed E-state index contributed by atoms with van der Waals surface area (Å²) < 4.78 is 11.1. The van der Waals surface area contributed by atoms with E-state index in [1.54, 1.807) is 13.0 Å². The van der Waals surface area contributed by atoms with E-state index >= 15 is 0 Å². The summed E-state index contributed by atoms with van der Waals surface area (Å²) >= 11 is 0. The van der Waals surface area contributed by atoms with Crippen LogP contribution in [-0.4, -0.2) is 54.6 Å². The molecule has 2 aromatic rings. The number of nitrogens with one attached hydrogen (secondary N) is 1. The van der Waals surface area contributed by atoms with Gasteiger partial charge in [-0.2, -0.15) is 0 Å². The van der Waals surface area contributed by atoms with E-state index in [2.05, 4.69) is 5.32 Å². The van der Waals surface area contributed by atoms with Crippen molar-refractivity contribution >= 4 is 23.5 Å². The topological polar surface area (TPSA) is 81.7 Å². The van der Waals surface area contributed by atoms with Crippen molar-refractivity contribution in [2.24, 2.45) is 0 Å². The van der Waals surface area contributed by atoms with E-state index < -0.39 is 12.0 Å². The van der Waals surface area contributed by atoms with Crippen molar-refractivity contribution in [1.29, 1.82) is 0 Å². The fourth-order valence-electron chi connectivity index (χ4n) is 4.67. The fraction of sp³-hybridized carbons (Fsp3) is 0.444. The summed E-state index contributed by atoms with van der Waals surface area (Å²) in [6, 6.07) is 12.7. The summed E-state index contributed by atoms with van der Waals surface area (Å²) in [6.07, 6.45) is 1.89. The van der Waals surface area contributed by atoms with E-state index in [1.807, 2.05) is 57.2 Å². The predicted molar refractivity (Wildman–Crippen MR) is 130 cm³/mol. The number of esters is 2. The van der Waals surface area contributed by atoms with Gasteiger partial charge in [-0.1, -0.05) is 36.4 Å². The monoisotopic (exact) mass is 467 g/mol. The number of benzene rings is 2. The van der Waals surface area contributed by atoms with Crippen LogP contribution in [0.25, 0.3) is 0 Å². The average molecular weight is 468 g/mol. The van der Waals surface area contributed by atoms with Gasteiger partial charge in [0.05, 0.1) is 30.9 Å². The van der Waals surface area contributed by atoms with Gasteiger partial charge in [0.1, 0.15) is 6.61 Å². The number of ether oxygens (including phenoxy) is 2. The largest absolute Gasteiger partial charge is 0.462 e. The van der Waals surface area contributed by atoms with Crippen molar-refractivity contribution in [3.8, 4) is 0 Å². The van der Waals surface area contributed by atoms with Crippen LogP contribution in [0.1, 0.15) is 53.7 Å². The van der Waals surface area contributed by atoms with Crippen molar-refractivity contribution in [2.75, 3.05) is 31.6 Å². The number of carbonyl (C=O) groups is 3. The maximum Gasteiger partial charge on any atom is 0.362 e. The highest BCUT2D eigenvalue weighted by Gasteiger charge is 2.43. The molecule has 7 nitrogen and oxygen atoms in total. The molecule has 3 rings (SSSR count). The summed E-state index contributed by atoms with van der Waals surface area (Å²) in [5.41, 5.74) is 3.44. The summed E-state index contributed by atoms with van der Waals surface area (Å²) in [4.78, 5) is 38.7. The minimum absolute atomic E-state index is 0.138. The Morgan fingerprint density at radius 3 is 2.35 bits per heavy atom. The molecule has 1 amide bonds. The molecule has 2 aromatic carbocycles. The number of carbonyl (C=O) groups excluding carboxylic acids is 3. The quantitative estimate of drug-likeness (QED) is 0.442. The van der Waals surface area contributed by atoms with Crippen LogP contribution >= 0.6 is 0 Å². The third kappa shape index (κ3) is 6.03. The first-order chi connectivity index (χ1) is 16.3. The number of nitrogens with zero attached hydrogens (tertiary/aromatic N) is 1. The third-order valence-corrected chi connectivity index (χ3v) is 6.57. The third-order valence-electron chi connectivity index (χ3n) is 6.57. The van der Waals surface area contributed by atoms with Crippen LogP contribution in [0.2, 0.25) is 0 Å². The van der Waals surface area contributed by atoms with Crippen LogP contribution in [0.15, 0.2) is 42.5 Å². The molecule has 0 bridgehead atoms. The number of amides is 1. The molecule has 0 spiro atoms. The van der Waals surface area contributed by atoms with E-state index in [0.29, 0.717) is 15.7 Å². The highest BCUT2D eigenvalue weighted by Crippen LogP contribution is 2.28. The summed E-state index contributed by atoms with van der Waals surface area (Å²) in [5, 5.41) is 2.97. The first-order valence-corrected chi connectivity index (χ1v) is 11.9. The van der Waals surface area contributed by atoms with Gasteiger partial charge in [-0.25, -0.2) is 9.59 Å². The number of hydrogen-bond donors (Lipinski definition) is 1. The zero-order valence-corrected chi connectivity index (χ0v) is 20.6. The molecule has 1 aliphatic heterocycles. The molecule has 1 unspecified atom stereocenters. The summed E-state index contributed by atoms with van der Waals surface area (Å²) in [6.45, 7) is 9.41. The second-order valence-electron chi connectivity index (χ2n) is 9.07. The highest BCUT2D eigenvalue weighted by atomic mass is 16.5. The smallest absolute Gasteiger partial charge is 0.362 e. The standard InChI is InChI=1S/C27H34N2O5/c1-5-33-27(32)23-16-19(2)15-20(3)25(23)28-26(31)21(4)29(13-9-10-14-29)17-24(30)34-18-22-11-7-6-8-12-22/h6-8,11-12,15-16,21H,5,9-10,13-14,17-18H2,1-4H3/p+1. The number of aryl methyl sites for hydroxylation is 2. The van der Waals surface area contributed by atoms with Crippen LogP contribution in [0.5, 0.6) is 0 Å². The van der Waals surface area contributed by atoms with Crippen LogP contribution in [0.4, 0.5) is 5.69 Å². The minimum atomic E-state index is -0.484. The molecule has 1 fully saturated rings. The molecular weight excluding hydrogens is 432 g/mol. The maximum absolute atomic E-state index is 13.4. The molecule has 34 heavy (non-hydrogen) atoms. The van der Waals surface area contributed by atoms with Gasteiger partial charge in [-0.15, -0.1) is 0 Å². The van der Waals surface area contributed by atoms with Crippen molar-refractivity contribution in [2.45, 2.75) is 53.2 Å². The lowest BCUT2D eigenvalue weighted by Crippen LogP contribution is -2.59. The highest BCUT2D eigenvalue weighted by molar-refractivity contribution is 6.03. The molecule has 0 saturated carbocycles. The lowest BCUT2D eigenvalue weighted by atomic mass is 10.0. The molecule has 0 radical (unpaired) electrons. The Morgan fingerprint density at radius 1 is 1.03 bits per heavy atom. The molecule has 1 aliphatic rings. The number of hydrogen-bond acceptors (Lipinski definition) is 5. The lowest BCUT2D eigenvalue weighted by Gasteiger charge is -2.38. The Balaban J connectivity index is 1.75. The van der Waals surface area contributed by atoms with Gasteiger partial charge in [-0.05, 0) is 50.5 Å². The summed E-state index contributed by atoms with van der Waals surface area (Å²) in [7, 11) is 0. The lowest BCUT2D eigenvalue weighted by molar-refractivity contribution is -0.922. The van der Waals surface area contributed by atoms with Crippen LogP contribution in [0.3, 0.4) is 0 Å². The van der Waals surface area contributed by atoms with Crippen LogP contribution < -0.4 is 5.32 Å². The summed E-state index contributed by atoms with van der Waals surface area (Å²) in [5.74, 6) is -1.01. The molecule has 0 aromatic heterocycles. The number of anilines is 1. The Bertz CT molecular complexity index is 1030. The van der Waals surface area contributed by atoms with Crippen molar-refractivity contribution in [1.82, 2.24) is 0 Å². The molecule has 1 saturated heterocycles. The number of rotatable bonds is 9. The van der Waals surface area contributed by atoms with E-state index in [9.17, 15) is 14.4 Å². The van der Waals surface area contributed by atoms with Gasteiger partial charge in [0.2, 0.25) is 0 Å². The SMILES string of the molecule is CCOC(=O)c1cc(C)cc(C)c1NC(=O)C(C)[N+]1(CC(=O)OCc2ccccc2)CCCC1. The second-order valence-corrected chi connectivity index (χ2v) is 9.07. The van der Waals surface area contributed by atoms with Gasteiger partial charge in [0.25, 0.3) is 5.91 Å². The molecule has 7 heteroatoms. The normalized spacial score (nSPS) is 15.4. The first-order valence-electron chi connectivity index (χ1n) is 11.9. The average Bonchev–Trinajstić information content (AvgIpc) is 3.29. The Morgan fingerprint density at radius 2 is 1.71 bits per heavy atom. The zero-order valence-electron chi connectivity index (χ0n) is 20.6. The Kier molecular flexibility index (Phi) is 8.45. The molecule has 1 atom stereocenters. The molecule has 182 valence electrons. The van der Waals surface area contributed by atoms with Gasteiger partial charge in [0.15, 0.2) is 12.6 Å². The van der Waals surface area contributed by atoms with E-state index in [4.69, 9.17) is 9.47 Å².